The van der Waals surface area contributed by atoms with E-state index in [1.807, 2.05) is 27.2 Å². The van der Waals surface area contributed by atoms with Crippen molar-refractivity contribution in [2.45, 2.75) is 379 Å². The maximum atomic E-state index is 13.0. The highest BCUT2D eigenvalue weighted by molar-refractivity contribution is 7.45. The van der Waals surface area contributed by atoms with Crippen LogP contribution in [0.25, 0.3) is 0 Å². The van der Waals surface area contributed by atoms with Crippen LogP contribution in [0.1, 0.15) is 367 Å². The predicted octanol–water partition coefficient (Wildman–Crippen LogP) is 22.8. The van der Waals surface area contributed by atoms with Crippen molar-refractivity contribution in [1.29, 1.82) is 0 Å². The molecule has 0 aromatic heterocycles. The number of aliphatic hydroxyl groups is 1. The molecule has 3 atom stereocenters. The van der Waals surface area contributed by atoms with Gasteiger partial charge in [0.2, 0.25) is 5.91 Å². The van der Waals surface area contributed by atoms with Crippen molar-refractivity contribution in [3.63, 3.8) is 0 Å². The molecule has 0 spiro atoms. The first-order chi connectivity index (χ1) is 40.5. The number of unbranched alkanes of at least 4 members (excludes halogenated alkanes) is 49. The number of quaternary nitrogens is 1. The quantitative estimate of drug-likeness (QED) is 0.0272. The molecule has 0 aliphatic carbocycles. The normalized spacial score (nSPS) is 13.9. The molecule has 2 N–H and O–H groups in total. The molecule has 490 valence electrons. The smallest absolute Gasteiger partial charge is 0.268 e. The number of allylic oxidation sites excluding steroid dienone is 7. The molecule has 1 amide bonds. The summed E-state index contributed by atoms with van der Waals surface area (Å²) in [7, 11) is 1.26. The Hall–Kier alpha value is -1.54. The summed E-state index contributed by atoms with van der Waals surface area (Å²) in [5.41, 5.74) is 0. The summed E-state index contributed by atoms with van der Waals surface area (Å²) in [4.78, 5) is 25.6. The van der Waals surface area contributed by atoms with Gasteiger partial charge >= 0.3 is 0 Å². The van der Waals surface area contributed by atoms with Crippen LogP contribution in [0, 0.1) is 0 Å². The van der Waals surface area contributed by atoms with Crippen molar-refractivity contribution in [2.24, 2.45) is 0 Å². The van der Waals surface area contributed by atoms with Crippen molar-refractivity contribution >= 4 is 13.7 Å². The molecule has 0 radical (unpaired) electrons. The van der Waals surface area contributed by atoms with Crippen LogP contribution in [0.5, 0.6) is 0 Å². The number of carbonyl (C=O) groups is 1. The number of hydrogen-bond donors (Lipinski definition) is 2. The molecule has 0 bridgehead atoms. The lowest BCUT2D eigenvalue weighted by atomic mass is 10.0. The molecule has 0 aliphatic heterocycles. The molecule has 0 heterocycles. The average molecular weight is 1190 g/mol. The Bertz CT molecular complexity index is 1490. The van der Waals surface area contributed by atoms with Gasteiger partial charge in [-0.3, -0.25) is 9.36 Å². The third-order valence-electron chi connectivity index (χ3n) is 16.8. The van der Waals surface area contributed by atoms with Crippen molar-refractivity contribution in [3.05, 3.63) is 48.6 Å². The molecule has 83 heavy (non-hydrogen) atoms. The van der Waals surface area contributed by atoms with Crippen molar-refractivity contribution in [2.75, 3.05) is 40.9 Å². The van der Waals surface area contributed by atoms with Gasteiger partial charge in [0.05, 0.1) is 39.9 Å². The largest absolute Gasteiger partial charge is 0.756 e. The fraction of sp³-hybridized carbons (Fsp3) is 0.878. The van der Waals surface area contributed by atoms with E-state index in [1.165, 1.54) is 302 Å². The molecule has 0 rings (SSSR count). The van der Waals surface area contributed by atoms with Crippen LogP contribution in [0.4, 0.5) is 0 Å². The summed E-state index contributed by atoms with van der Waals surface area (Å²) in [6, 6.07) is -0.903. The zero-order valence-electron chi connectivity index (χ0n) is 56.2. The van der Waals surface area contributed by atoms with Crippen LogP contribution >= 0.6 is 7.82 Å². The first-order valence-electron chi connectivity index (χ1n) is 36.5. The number of phosphoric ester groups is 1. The lowest BCUT2D eigenvalue weighted by Crippen LogP contribution is -2.45. The summed E-state index contributed by atoms with van der Waals surface area (Å²) in [5.74, 6) is -0.200. The van der Waals surface area contributed by atoms with Crippen LogP contribution in [0.15, 0.2) is 48.6 Å². The molecule has 0 fully saturated rings. The Balaban J connectivity index is 3.91. The average Bonchev–Trinajstić information content (AvgIpc) is 3.49. The molecule has 0 saturated carbocycles. The monoisotopic (exact) mass is 1190 g/mol. The lowest BCUT2D eigenvalue weighted by molar-refractivity contribution is -0.870. The van der Waals surface area contributed by atoms with Gasteiger partial charge < -0.3 is 28.8 Å². The standard InChI is InChI=1S/C74H143N2O6P/c1-6-8-10-12-14-16-18-20-22-24-26-28-29-30-31-32-33-34-35-36-37-38-39-40-41-42-43-44-45-46-47-48-50-52-54-56-58-60-62-64-66-68-74(78)75-72(71-82-83(79,80)81-70-69-76(3,4)5)73(77)67-65-63-61-59-57-55-53-51-49-27-25-23-21-19-17-15-13-11-9-7-2/h18,20,24,26,57,59,65,67,72-73,77H,6-17,19,21-23,25,27-56,58,60-64,66,68-71H2,1-5H3,(H-,75,78,79,80)/b20-18-,26-24-,59-57+,67-65+. The molecule has 0 saturated heterocycles. The van der Waals surface area contributed by atoms with Crippen molar-refractivity contribution < 1.29 is 32.9 Å². The third-order valence-corrected chi connectivity index (χ3v) is 17.7. The summed E-state index contributed by atoms with van der Waals surface area (Å²) in [6.45, 7) is 4.67. The van der Waals surface area contributed by atoms with Crippen LogP contribution in [-0.4, -0.2) is 68.5 Å². The fourth-order valence-electron chi connectivity index (χ4n) is 11.1. The molecule has 0 aromatic rings. The van der Waals surface area contributed by atoms with Gasteiger partial charge in [0, 0.05) is 6.42 Å². The van der Waals surface area contributed by atoms with Gasteiger partial charge in [-0.05, 0) is 64.2 Å². The molecule has 8 nitrogen and oxygen atoms in total. The highest BCUT2D eigenvalue weighted by Crippen LogP contribution is 2.38. The number of phosphoric acid groups is 1. The van der Waals surface area contributed by atoms with Crippen LogP contribution < -0.4 is 10.2 Å². The van der Waals surface area contributed by atoms with Crippen LogP contribution in [-0.2, 0) is 18.4 Å². The van der Waals surface area contributed by atoms with Crippen molar-refractivity contribution in [3.8, 4) is 0 Å². The van der Waals surface area contributed by atoms with E-state index < -0.39 is 20.0 Å². The molecule has 9 heteroatoms. The summed E-state index contributed by atoms with van der Waals surface area (Å²) in [6.07, 6.45) is 88.4. The number of carbonyl (C=O) groups excluding carboxylic acids is 1. The molecule has 3 unspecified atom stereocenters. The van der Waals surface area contributed by atoms with E-state index in [0.717, 1.165) is 44.9 Å². The molecular formula is C74H143N2O6P. The van der Waals surface area contributed by atoms with E-state index in [-0.39, 0.29) is 19.1 Å². The highest BCUT2D eigenvalue weighted by Gasteiger charge is 2.23. The van der Waals surface area contributed by atoms with E-state index in [4.69, 9.17) is 9.05 Å². The van der Waals surface area contributed by atoms with E-state index in [9.17, 15) is 19.4 Å². The van der Waals surface area contributed by atoms with E-state index in [2.05, 4.69) is 55.6 Å². The van der Waals surface area contributed by atoms with Crippen LogP contribution in [0.2, 0.25) is 0 Å². The molecular weight excluding hydrogens is 1040 g/mol. The van der Waals surface area contributed by atoms with E-state index in [0.29, 0.717) is 17.4 Å². The minimum atomic E-state index is -4.61. The Morgan fingerprint density at radius 3 is 1.05 bits per heavy atom. The minimum Gasteiger partial charge on any atom is -0.756 e. The van der Waals surface area contributed by atoms with Crippen LogP contribution in [0.3, 0.4) is 0 Å². The second kappa shape index (κ2) is 64.9. The number of amides is 1. The third kappa shape index (κ3) is 67.8. The Morgan fingerprint density at radius 1 is 0.422 bits per heavy atom. The van der Waals surface area contributed by atoms with Crippen molar-refractivity contribution in [1.82, 2.24) is 5.32 Å². The topological polar surface area (TPSA) is 108 Å². The first-order valence-corrected chi connectivity index (χ1v) is 38.0. The van der Waals surface area contributed by atoms with Gasteiger partial charge in [-0.2, -0.15) is 0 Å². The minimum absolute atomic E-state index is 0.00463. The maximum absolute atomic E-state index is 13.0. The van der Waals surface area contributed by atoms with Gasteiger partial charge in [-0.15, -0.1) is 0 Å². The zero-order valence-corrected chi connectivity index (χ0v) is 57.1. The predicted molar refractivity (Wildman–Crippen MR) is 362 cm³/mol. The van der Waals surface area contributed by atoms with E-state index >= 15 is 0 Å². The second-order valence-corrected chi connectivity index (χ2v) is 27.7. The number of nitrogens with zero attached hydrogens (tertiary/aromatic N) is 1. The van der Waals surface area contributed by atoms with E-state index in [1.54, 1.807) is 6.08 Å². The molecule has 0 aromatic carbocycles. The maximum Gasteiger partial charge on any atom is 0.268 e. The first kappa shape index (κ1) is 81.5. The molecule has 0 aliphatic rings. The zero-order chi connectivity index (χ0) is 60.5. The Kier molecular flexibility index (Phi) is 63.7. The summed E-state index contributed by atoms with van der Waals surface area (Å²) >= 11 is 0. The SMILES string of the molecule is CCCCCCC/C=C\C/C=C\CCCCCCCCCCCCCCCCCCCCCCCCCCCCCCCC(=O)NC(COP(=O)([O-])OCC[N+](C)(C)C)C(O)/C=C/CC/C=C/CCCCCCCCCCCCCCCC. The van der Waals surface area contributed by atoms with Gasteiger partial charge in [-0.1, -0.05) is 345 Å². The Labute approximate surface area is 518 Å². The Morgan fingerprint density at radius 2 is 0.711 bits per heavy atom. The highest BCUT2D eigenvalue weighted by atomic mass is 31.2. The van der Waals surface area contributed by atoms with Gasteiger partial charge in [0.1, 0.15) is 13.2 Å². The lowest BCUT2D eigenvalue weighted by Gasteiger charge is -2.29. The number of rotatable bonds is 68. The summed E-state index contributed by atoms with van der Waals surface area (Å²) < 4.78 is 23.4. The number of hydrogen-bond acceptors (Lipinski definition) is 6. The van der Waals surface area contributed by atoms with Gasteiger partial charge in [-0.25, -0.2) is 0 Å². The second-order valence-electron chi connectivity index (χ2n) is 26.3. The fourth-order valence-corrected chi connectivity index (χ4v) is 11.8. The van der Waals surface area contributed by atoms with Gasteiger partial charge in [0.15, 0.2) is 0 Å². The summed E-state index contributed by atoms with van der Waals surface area (Å²) in [5, 5.41) is 13.9. The number of nitrogens with one attached hydrogen (secondary N) is 1. The van der Waals surface area contributed by atoms with Gasteiger partial charge in [0.25, 0.3) is 7.82 Å². The number of aliphatic hydroxyl groups excluding tert-OH is 1. The number of likely N-dealkylation sites (N-methyl/N-ethyl adjacent to an activating group) is 1.